The molecule has 0 saturated carbocycles. The highest BCUT2D eigenvalue weighted by molar-refractivity contribution is 6.03. The van der Waals surface area contributed by atoms with Gasteiger partial charge in [0.1, 0.15) is 0 Å². The highest BCUT2D eigenvalue weighted by Crippen LogP contribution is 2.44. The van der Waals surface area contributed by atoms with Crippen molar-refractivity contribution in [2.24, 2.45) is 0 Å². The van der Waals surface area contributed by atoms with Gasteiger partial charge in [-0.2, -0.15) is 0 Å². The molecule has 1 aromatic rings. The number of carbonyl (C=O) groups is 2. The van der Waals surface area contributed by atoms with Gasteiger partial charge in [-0.1, -0.05) is 6.07 Å². The molecule has 0 unspecified atom stereocenters. The van der Waals surface area contributed by atoms with Gasteiger partial charge in [-0.3, -0.25) is 4.79 Å². The first kappa shape index (κ1) is 21.9. The third kappa shape index (κ3) is 4.37. The highest BCUT2D eigenvalue weighted by atomic mass is 16.5. The molecule has 0 bridgehead atoms. The van der Waals surface area contributed by atoms with Gasteiger partial charge in [0, 0.05) is 29.3 Å². The quantitative estimate of drug-likeness (QED) is 0.697. The Hall–Kier alpha value is -2.76. The second-order valence-corrected chi connectivity index (χ2v) is 8.30. The fourth-order valence-electron chi connectivity index (χ4n) is 4.08. The minimum atomic E-state index is -0.498. The molecule has 1 atom stereocenters. The third-order valence-electron chi connectivity index (χ3n) is 5.22. The smallest absolute Gasteiger partial charge is 0.337 e. The van der Waals surface area contributed by atoms with Crippen LogP contribution in [-0.4, -0.2) is 31.1 Å². The SMILES string of the molecule is COc1cc([C@@H]2C(C(=O)OC(C)C)=C(C)NC3=C2C(=O)CCC3)ccc1OC(C)C. The van der Waals surface area contributed by atoms with Gasteiger partial charge < -0.3 is 19.5 Å². The van der Waals surface area contributed by atoms with Crippen molar-refractivity contribution in [3.05, 3.63) is 46.3 Å². The Morgan fingerprint density at radius 3 is 2.47 bits per heavy atom. The summed E-state index contributed by atoms with van der Waals surface area (Å²) >= 11 is 0. The van der Waals surface area contributed by atoms with Crippen LogP contribution in [0.3, 0.4) is 0 Å². The number of nitrogens with one attached hydrogen (secondary N) is 1. The van der Waals surface area contributed by atoms with Crippen molar-refractivity contribution < 1.29 is 23.8 Å². The van der Waals surface area contributed by atoms with Crippen LogP contribution in [0.2, 0.25) is 0 Å². The summed E-state index contributed by atoms with van der Waals surface area (Å²) in [5.41, 5.74) is 3.55. The number of Topliss-reactive ketones (excluding diaryl/α,β-unsaturated/α-hetero) is 1. The van der Waals surface area contributed by atoms with E-state index < -0.39 is 11.9 Å². The minimum absolute atomic E-state index is 0.00316. The molecule has 0 saturated heterocycles. The van der Waals surface area contributed by atoms with Crippen molar-refractivity contribution >= 4 is 11.8 Å². The van der Waals surface area contributed by atoms with E-state index in [4.69, 9.17) is 14.2 Å². The van der Waals surface area contributed by atoms with E-state index in [0.717, 1.165) is 29.8 Å². The molecule has 0 aromatic heterocycles. The van der Waals surface area contributed by atoms with E-state index in [1.54, 1.807) is 7.11 Å². The van der Waals surface area contributed by atoms with Crippen LogP contribution in [0, 0.1) is 0 Å². The lowest BCUT2D eigenvalue weighted by molar-refractivity contribution is -0.143. The Bertz CT molecular complexity index is 910. The summed E-state index contributed by atoms with van der Waals surface area (Å²) in [5.74, 6) is 0.354. The Balaban J connectivity index is 2.14. The van der Waals surface area contributed by atoms with Crippen LogP contribution in [0.4, 0.5) is 0 Å². The Morgan fingerprint density at radius 2 is 1.83 bits per heavy atom. The molecule has 2 aliphatic rings. The first-order valence-electron chi connectivity index (χ1n) is 10.5. The van der Waals surface area contributed by atoms with E-state index in [0.29, 0.717) is 29.1 Å². The summed E-state index contributed by atoms with van der Waals surface area (Å²) in [6, 6.07) is 5.60. The van der Waals surface area contributed by atoms with Gasteiger partial charge in [-0.05, 0) is 65.2 Å². The molecular formula is C24H31NO5. The maximum Gasteiger partial charge on any atom is 0.337 e. The molecule has 1 heterocycles. The number of hydrogen-bond acceptors (Lipinski definition) is 6. The minimum Gasteiger partial charge on any atom is -0.493 e. The van der Waals surface area contributed by atoms with Gasteiger partial charge in [-0.25, -0.2) is 4.79 Å². The molecular weight excluding hydrogens is 382 g/mol. The lowest BCUT2D eigenvalue weighted by Crippen LogP contribution is -2.35. The molecule has 0 spiro atoms. The van der Waals surface area contributed by atoms with Crippen molar-refractivity contribution in [2.45, 2.75) is 72.0 Å². The summed E-state index contributed by atoms with van der Waals surface area (Å²) in [5, 5.41) is 3.30. The number of allylic oxidation sites excluding steroid dienone is 3. The normalized spacial score (nSPS) is 19.1. The lowest BCUT2D eigenvalue weighted by atomic mass is 9.75. The van der Waals surface area contributed by atoms with Crippen LogP contribution in [-0.2, 0) is 14.3 Å². The molecule has 1 N–H and O–H groups in total. The number of benzene rings is 1. The fraction of sp³-hybridized carbons (Fsp3) is 0.500. The van der Waals surface area contributed by atoms with Crippen LogP contribution in [0.5, 0.6) is 11.5 Å². The number of ketones is 1. The maximum absolute atomic E-state index is 13.0. The molecule has 6 nitrogen and oxygen atoms in total. The Morgan fingerprint density at radius 1 is 1.10 bits per heavy atom. The first-order chi connectivity index (χ1) is 14.2. The molecule has 0 radical (unpaired) electrons. The van der Waals surface area contributed by atoms with Crippen LogP contribution in [0.1, 0.15) is 65.4 Å². The van der Waals surface area contributed by atoms with Gasteiger partial charge in [0.25, 0.3) is 0 Å². The van der Waals surface area contributed by atoms with Crippen molar-refractivity contribution in [3.8, 4) is 11.5 Å². The van der Waals surface area contributed by atoms with Crippen LogP contribution < -0.4 is 14.8 Å². The standard InChI is InChI=1S/C24H31NO5/c1-13(2)29-19-11-10-16(12-20(19)28-6)22-21(24(27)30-14(3)4)15(5)25-17-8-7-9-18(26)23(17)22/h10-14,22,25H,7-9H2,1-6H3/t22-/m1/s1. The van der Waals surface area contributed by atoms with Crippen molar-refractivity contribution in [1.82, 2.24) is 5.32 Å². The Labute approximate surface area is 178 Å². The summed E-state index contributed by atoms with van der Waals surface area (Å²) in [6.45, 7) is 9.39. The highest BCUT2D eigenvalue weighted by Gasteiger charge is 2.39. The van der Waals surface area contributed by atoms with E-state index in [1.807, 2.05) is 52.8 Å². The zero-order chi connectivity index (χ0) is 22.0. The van der Waals surface area contributed by atoms with Crippen LogP contribution in [0.15, 0.2) is 40.7 Å². The molecule has 1 aliphatic heterocycles. The molecule has 1 aliphatic carbocycles. The van der Waals surface area contributed by atoms with E-state index >= 15 is 0 Å². The lowest BCUT2D eigenvalue weighted by Gasteiger charge is -2.34. The van der Waals surface area contributed by atoms with E-state index in [2.05, 4.69) is 5.32 Å². The van der Waals surface area contributed by atoms with Crippen LogP contribution >= 0.6 is 0 Å². The Kier molecular flexibility index (Phi) is 6.54. The summed E-state index contributed by atoms with van der Waals surface area (Å²) in [4.78, 5) is 26.0. The summed E-state index contributed by atoms with van der Waals surface area (Å²) in [6.07, 6.45) is 1.81. The molecule has 0 amide bonds. The monoisotopic (exact) mass is 413 g/mol. The predicted octanol–water partition coefficient (Wildman–Crippen LogP) is 4.40. The number of rotatable bonds is 6. The van der Waals surface area contributed by atoms with Gasteiger partial charge in [0.05, 0.1) is 24.9 Å². The summed E-state index contributed by atoms with van der Waals surface area (Å²) < 4.78 is 16.9. The van der Waals surface area contributed by atoms with E-state index in [9.17, 15) is 9.59 Å². The average Bonchev–Trinajstić information content (AvgIpc) is 2.66. The van der Waals surface area contributed by atoms with Gasteiger partial charge in [-0.15, -0.1) is 0 Å². The first-order valence-corrected chi connectivity index (χ1v) is 10.5. The third-order valence-corrected chi connectivity index (χ3v) is 5.22. The number of methoxy groups -OCH3 is 1. The van der Waals surface area contributed by atoms with Crippen molar-refractivity contribution in [2.75, 3.05) is 7.11 Å². The predicted molar refractivity (Wildman–Crippen MR) is 114 cm³/mol. The molecule has 3 rings (SSSR count). The average molecular weight is 414 g/mol. The van der Waals surface area contributed by atoms with Gasteiger partial charge >= 0.3 is 5.97 Å². The number of ether oxygens (including phenoxy) is 3. The zero-order valence-electron chi connectivity index (χ0n) is 18.6. The maximum atomic E-state index is 13.0. The zero-order valence-corrected chi connectivity index (χ0v) is 18.6. The number of esters is 1. The summed E-state index contributed by atoms with van der Waals surface area (Å²) in [7, 11) is 1.58. The topological polar surface area (TPSA) is 73.9 Å². The largest absolute Gasteiger partial charge is 0.493 e. The molecule has 30 heavy (non-hydrogen) atoms. The van der Waals surface area contributed by atoms with Crippen molar-refractivity contribution in [1.29, 1.82) is 0 Å². The molecule has 6 heteroatoms. The second kappa shape index (κ2) is 8.94. The van der Waals surface area contributed by atoms with Crippen LogP contribution in [0.25, 0.3) is 0 Å². The molecule has 1 aromatic carbocycles. The molecule has 162 valence electrons. The van der Waals surface area contributed by atoms with Gasteiger partial charge in [0.2, 0.25) is 0 Å². The second-order valence-electron chi connectivity index (χ2n) is 8.30. The van der Waals surface area contributed by atoms with E-state index in [1.165, 1.54) is 0 Å². The van der Waals surface area contributed by atoms with Crippen molar-refractivity contribution in [3.63, 3.8) is 0 Å². The van der Waals surface area contributed by atoms with E-state index in [-0.39, 0.29) is 18.0 Å². The number of dihydropyridines is 1. The fourth-order valence-corrected chi connectivity index (χ4v) is 4.08. The number of carbonyl (C=O) groups excluding carboxylic acids is 2. The molecule has 0 fully saturated rings. The number of hydrogen-bond donors (Lipinski definition) is 1. The van der Waals surface area contributed by atoms with Gasteiger partial charge in [0.15, 0.2) is 17.3 Å².